The molecule has 0 bridgehead atoms. The quantitative estimate of drug-likeness (QED) is 0.871. The topological polar surface area (TPSA) is 71.1 Å². The summed E-state index contributed by atoms with van der Waals surface area (Å²) < 4.78 is 26.6. The fourth-order valence-electron chi connectivity index (χ4n) is 1.61. The van der Waals surface area contributed by atoms with Crippen molar-refractivity contribution >= 4 is 15.7 Å². The van der Waals surface area contributed by atoms with Crippen LogP contribution in [0.3, 0.4) is 0 Å². The summed E-state index contributed by atoms with van der Waals surface area (Å²) in [6, 6.07) is 10.3. The van der Waals surface area contributed by atoms with Gasteiger partial charge in [0.25, 0.3) is 10.0 Å². The van der Waals surface area contributed by atoms with Crippen LogP contribution in [-0.4, -0.2) is 20.4 Å². The summed E-state index contributed by atoms with van der Waals surface area (Å²) in [6.45, 7) is 0.746. The molecule has 6 heteroatoms. The van der Waals surface area contributed by atoms with Crippen LogP contribution >= 0.6 is 0 Å². The molecule has 0 aliphatic rings. The van der Waals surface area contributed by atoms with Crippen LogP contribution in [-0.2, 0) is 16.6 Å². The minimum absolute atomic E-state index is 0.148. The van der Waals surface area contributed by atoms with Gasteiger partial charge in [-0.1, -0.05) is 12.1 Å². The zero-order valence-electron chi connectivity index (χ0n) is 10.5. The number of aromatic nitrogens is 1. The van der Waals surface area contributed by atoms with E-state index in [-0.39, 0.29) is 4.90 Å². The zero-order chi connectivity index (χ0) is 13.7. The van der Waals surface area contributed by atoms with Crippen molar-refractivity contribution in [2.75, 3.05) is 11.8 Å². The molecular formula is C13H15N3O2S. The SMILES string of the molecule is CNCc1ccc(NS(=O)(=O)c2cccnc2)cc1. The van der Waals surface area contributed by atoms with Gasteiger partial charge in [0.05, 0.1) is 0 Å². The minimum Gasteiger partial charge on any atom is -0.316 e. The predicted molar refractivity (Wildman–Crippen MR) is 74.3 cm³/mol. The van der Waals surface area contributed by atoms with Gasteiger partial charge in [0.15, 0.2) is 0 Å². The molecule has 5 nitrogen and oxygen atoms in total. The first-order valence-electron chi connectivity index (χ1n) is 5.78. The third-order valence-corrected chi connectivity index (χ3v) is 3.90. The van der Waals surface area contributed by atoms with E-state index in [1.807, 2.05) is 19.2 Å². The Kier molecular flexibility index (Phi) is 4.13. The Balaban J connectivity index is 2.17. The van der Waals surface area contributed by atoms with Gasteiger partial charge in [0, 0.05) is 24.6 Å². The molecule has 19 heavy (non-hydrogen) atoms. The molecule has 0 saturated heterocycles. The Morgan fingerprint density at radius 1 is 1.16 bits per heavy atom. The van der Waals surface area contributed by atoms with Gasteiger partial charge in [-0.15, -0.1) is 0 Å². The number of hydrogen-bond donors (Lipinski definition) is 2. The van der Waals surface area contributed by atoms with Crippen LogP contribution < -0.4 is 10.0 Å². The molecule has 2 rings (SSSR count). The van der Waals surface area contributed by atoms with E-state index in [0.717, 1.165) is 12.1 Å². The first-order valence-corrected chi connectivity index (χ1v) is 7.26. The second kappa shape index (κ2) is 5.81. The number of nitrogens with zero attached hydrogens (tertiary/aromatic N) is 1. The molecule has 0 unspecified atom stereocenters. The molecule has 1 aromatic heterocycles. The lowest BCUT2D eigenvalue weighted by Gasteiger charge is -2.08. The van der Waals surface area contributed by atoms with Crippen LogP contribution in [0.4, 0.5) is 5.69 Å². The Hall–Kier alpha value is -1.92. The molecule has 0 spiro atoms. The van der Waals surface area contributed by atoms with Crippen LogP contribution in [0, 0.1) is 0 Å². The number of hydrogen-bond acceptors (Lipinski definition) is 4. The van der Waals surface area contributed by atoms with Crippen molar-refractivity contribution in [1.82, 2.24) is 10.3 Å². The molecule has 0 aliphatic heterocycles. The second-order valence-electron chi connectivity index (χ2n) is 4.02. The third-order valence-electron chi connectivity index (χ3n) is 2.53. The standard InChI is InChI=1S/C13H15N3O2S/c1-14-9-11-4-6-12(7-5-11)16-19(17,18)13-3-2-8-15-10-13/h2-8,10,14,16H,9H2,1H3. The lowest BCUT2D eigenvalue weighted by atomic mass is 10.2. The molecule has 0 radical (unpaired) electrons. The zero-order valence-corrected chi connectivity index (χ0v) is 11.3. The summed E-state index contributed by atoms with van der Waals surface area (Å²) in [7, 11) is -1.71. The van der Waals surface area contributed by atoms with Gasteiger partial charge >= 0.3 is 0 Å². The molecule has 1 aromatic carbocycles. The highest BCUT2D eigenvalue weighted by Crippen LogP contribution is 2.15. The number of sulfonamides is 1. The molecule has 100 valence electrons. The van der Waals surface area contributed by atoms with Crippen molar-refractivity contribution in [2.45, 2.75) is 11.4 Å². The van der Waals surface area contributed by atoms with E-state index in [9.17, 15) is 8.42 Å². The van der Waals surface area contributed by atoms with E-state index < -0.39 is 10.0 Å². The van der Waals surface area contributed by atoms with Crippen LogP contribution in [0.15, 0.2) is 53.7 Å². The van der Waals surface area contributed by atoms with Crippen molar-refractivity contribution in [3.05, 3.63) is 54.4 Å². The summed E-state index contributed by atoms with van der Waals surface area (Å²) in [5.41, 5.74) is 1.62. The van der Waals surface area contributed by atoms with Gasteiger partial charge in [0.2, 0.25) is 0 Å². The Morgan fingerprint density at radius 2 is 1.89 bits per heavy atom. The highest BCUT2D eigenvalue weighted by molar-refractivity contribution is 7.92. The van der Waals surface area contributed by atoms with Crippen LogP contribution in [0.25, 0.3) is 0 Å². The van der Waals surface area contributed by atoms with E-state index in [1.165, 1.54) is 18.5 Å². The number of benzene rings is 1. The fraction of sp³-hybridized carbons (Fsp3) is 0.154. The lowest BCUT2D eigenvalue weighted by molar-refractivity contribution is 0.601. The molecule has 2 aromatic rings. The Morgan fingerprint density at radius 3 is 2.47 bits per heavy atom. The summed E-state index contributed by atoms with van der Waals surface area (Å²) in [4.78, 5) is 3.95. The minimum atomic E-state index is -3.57. The molecule has 0 saturated carbocycles. The molecule has 0 aliphatic carbocycles. The van der Waals surface area contributed by atoms with Gasteiger partial charge in [-0.2, -0.15) is 0 Å². The monoisotopic (exact) mass is 277 g/mol. The summed E-state index contributed by atoms with van der Waals surface area (Å²) in [5, 5.41) is 3.03. The van der Waals surface area contributed by atoms with E-state index >= 15 is 0 Å². The molecule has 0 amide bonds. The maximum absolute atomic E-state index is 12.0. The van der Waals surface area contributed by atoms with E-state index in [2.05, 4.69) is 15.0 Å². The average Bonchev–Trinajstić information content (AvgIpc) is 2.42. The van der Waals surface area contributed by atoms with E-state index in [4.69, 9.17) is 0 Å². The van der Waals surface area contributed by atoms with E-state index in [0.29, 0.717) is 5.69 Å². The maximum Gasteiger partial charge on any atom is 0.263 e. The van der Waals surface area contributed by atoms with Crippen molar-refractivity contribution in [1.29, 1.82) is 0 Å². The molecule has 0 atom stereocenters. The number of anilines is 1. The Labute approximate surface area is 112 Å². The second-order valence-corrected chi connectivity index (χ2v) is 5.70. The number of pyridine rings is 1. The first kappa shape index (κ1) is 13.5. The Bertz CT molecular complexity index is 625. The molecular weight excluding hydrogens is 262 g/mol. The average molecular weight is 277 g/mol. The van der Waals surface area contributed by atoms with Gasteiger partial charge in [-0.3, -0.25) is 9.71 Å². The molecule has 1 heterocycles. The summed E-state index contributed by atoms with van der Waals surface area (Å²) >= 11 is 0. The van der Waals surface area contributed by atoms with E-state index in [1.54, 1.807) is 18.2 Å². The van der Waals surface area contributed by atoms with Crippen LogP contribution in [0.2, 0.25) is 0 Å². The summed E-state index contributed by atoms with van der Waals surface area (Å²) in [6.07, 6.45) is 2.85. The van der Waals surface area contributed by atoms with Crippen molar-refractivity contribution in [3.8, 4) is 0 Å². The van der Waals surface area contributed by atoms with Gasteiger partial charge in [-0.25, -0.2) is 8.42 Å². The maximum atomic E-state index is 12.0. The third kappa shape index (κ3) is 3.52. The van der Waals surface area contributed by atoms with Crippen LogP contribution in [0.5, 0.6) is 0 Å². The van der Waals surface area contributed by atoms with Crippen LogP contribution in [0.1, 0.15) is 5.56 Å². The molecule has 2 N–H and O–H groups in total. The lowest BCUT2D eigenvalue weighted by Crippen LogP contribution is -2.13. The smallest absolute Gasteiger partial charge is 0.263 e. The molecule has 0 fully saturated rings. The number of rotatable bonds is 5. The van der Waals surface area contributed by atoms with Crippen molar-refractivity contribution < 1.29 is 8.42 Å². The highest BCUT2D eigenvalue weighted by atomic mass is 32.2. The number of nitrogens with one attached hydrogen (secondary N) is 2. The highest BCUT2D eigenvalue weighted by Gasteiger charge is 2.13. The van der Waals surface area contributed by atoms with Crippen molar-refractivity contribution in [3.63, 3.8) is 0 Å². The largest absolute Gasteiger partial charge is 0.316 e. The van der Waals surface area contributed by atoms with Gasteiger partial charge in [-0.05, 0) is 36.9 Å². The summed E-state index contributed by atoms with van der Waals surface area (Å²) in [5.74, 6) is 0. The fourth-order valence-corrected chi connectivity index (χ4v) is 2.64. The van der Waals surface area contributed by atoms with Gasteiger partial charge in [0.1, 0.15) is 4.90 Å². The van der Waals surface area contributed by atoms with Crippen molar-refractivity contribution in [2.24, 2.45) is 0 Å². The predicted octanol–water partition coefficient (Wildman–Crippen LogP) is 1.60. The first-order chi connectivity index (χ1) is 9.12. The van der Waals surface area contributed by atoms with Gasteiger partial charge < -0.3 is 5.32 Å². The normalized spacial score (nSPS) is 11.2.